The first-order valence-corrected chi connectivity index (χ1v) is 7.88. The lowest BCUT2D eigenvalue weighted by atomic mass is 10.0. The average molecular weight is 273 g/mol. The second-order valence-corrected chi connectivity index (χ2v) is 6.01. The van der Waals surface area contributed by atoms with Crippen LogP contribution in [0.4, 0.5) is 0 Å². The molecule has 19 heavy (non-hydrogen) atoms. The van der Waals surface area contributed by atoms with Crippen LogP contribution >= 0.6 is 11.8 Å². The lowest BCUT2D eigenvalue weighted by Gasteiger charge is -2.29. The minimum Gasteiger partial charge on any atom is -0.468 e. The topological polar surface area (TPSA) is 25.2 Å². The number of hydrogen-bond acceptors (Lipinski definition) is 3. The standard InChI is InChI=1S/C16H19NOS/c1-2-13(15-7-5-10-18-15)17-14-9-11-19-16-8-4-3-6-12(14)16/h3-8,10,13-14,17H,2,9,11H2,1H3. The third-order valence-electron chi connectivity index (χ3n) is 3.66. The van der Waals surface area contributed by atoms with Gasteiger partial charge in [-0.3, -0.25) is 0 Å². The van der Waals surface area contributed by atoms with Crippen molar-refractivity contribution < 1.29 is 4.42 Å². The molecule has 100 valence electrons. The van der Waals surface area contributed by atoms with Gasteiger partial charge in [0.1, 0.15) is 5.76 Å². The van der Waals surface area contributed by atoms with Gasteiger partial charge in [0, 0.05) is 10.9 Å². The first kappa shape index (κ1) is 12.8. The number of hydrogen-bond donors (Lipinski definition) is 1. The van der Waals surface area contributed by atoms with Crippen molar-refractivity contribution >= 4 is 11.8 Å². The van der Waals surface area contributed by atoms with E-state index in [9.17, 15) is 0 Å². The second-order valence-electron chi connectivity index (χ2n) is 4.87. The van der Waals surface area contributed by atoms with E-state index in [2.05, 4.69) is 42.6 Å². The number of nitrogens with one attached hydrogen (secondary N) is 1. The van der Waals surface area contributed by atoms with E-state index in [0.29, 0.717) is 12.1 Å². The van der Waals surface area contributed by atoms with E-state index in [-0.39, 0.29) is 0 Å². The minimum absolute atomic E-state index is 0.302. The van der Waals surface area contributed by atoms with Gasteiger partial charge in [0.2, 0.25) is 0 Å². The molecular formula is C16H19NOS. The van der Waals surface area contributed by atoms with Crippen molar-refractivity contribution in [3.8, 4) is 0 Å². The number of thioether (sulfide) groups is 1. The van der Waals surface area contributed by atoms with Crippen LogP contribution in [-0.2, 0) is 0 Å². The van der Waals surface area contributed by atoms with Gasteiger partial charge in [-0.2, -0.15) is 0 Å². The number of fused-ring (bicyclic) bond motifs is 1. The summed E-state index contributed by atoms with van der Waals surface area (Å²) in [6.07, 6.45) is 3.97. The largest absolute Gasteiger partial charge is 0.468 e. The zero-order chi connectivity index (χ0) is 13.1. The fraction of sp³-hybridized carbons (Fsp3) is 0.375. The Bertz CT molecular complexity index is 523. The van der Waals surface area contributed by atoms with Crippen molar-refractivity contribution in [3.05, 3.63) is 54.0 Å². The summed E-state index contributed by atoms with van der Waals surface area (Å²) in [7, 11) is 0. The molecule has 0 fully saturated rings. The van der Waals surface area contributed by atoms with E-state index < -0.39 is 0 Å². The smallest absolute Gasteiger partial charge is 0.120 e. The van der Waals surface area contributed by atoms with Crippen molar-refractivity contribution in [2.45, 2.75) is 36.7 Å². The molecule has 3 rings (SSSR count). The van der Waals surface area contributed by atoms with E-state index in [0.717, 1.165) is 12.2 Å². The Kier molecular flexibility index (Phi) is 3.95. The van der Waals surface area contributed by atoms with Crippen LogP contribution in [-0.4, -0.2) is 5.75 Å². The maximum Gasteiger partial charge on any atom is 0.120 e. The fourth-order valence-electron chi connectivity index (χ4n) is 2.65. The molecule has 0 amide bonds. The molecule has 2 heterocycles. The highest BCUT2D eigenvalue weighted by Crippen LogP contribution is 2.37. The second kappa shape index (κ2) is 5.85. The third kappa shape index (κ3) is 2.72. The lowest BCUT2D eigenvalue weighted by molar-refractivity contribution is 0.359. The molecule has 1 aromatic carbocycles. The Morgan fingerprint density at radius 1 is 1.32 bits per heavy atom. The van der Waals surface area contributed by atoms with Gasteiger partial charge < -0.3 is 9.73 Å². The molecule has 2 aromatic rings. The molecule has 1 aliphatic rings. The van der Waals surface area contributed by atoms with E-state index >= 15 is 0 Å². The summed E-state index contributed by atoms with van der Waals surface area (Å²) < 4.78 is 5.55. The highest BCUT2D eigenvalue weighted by atomic mass is 32.2. The minimum atomic E-state index is 0.302. The quantitative estimate of drug-likeness (QED) is 0.884. The van der Waals surface area contributed by atoms with Gasteiger partial charge in [-0.15, -0.1) is 11.8 Å². The molecule has 3 heteroatoms. The average Bonchev–Trinajstić information content (AvgIpc) is 2.99. The molecule has 2 atom stereocenters. The van der Waals surface area contributed by atoms with Crippen LogP contribution in [0.5, 0.6) is 0 Å². The Morgan fingerprint density at radius 2 is 2.21 bits per heavy atom. The Balaban J connectivity index is 1.80. The summed E-state index contributed by atoms with van der Waals surface area (Å²) in [5.41, 5.74) is 1.43. The Labute approximate surface area is 118 Å². The van der Waals surface area contributed by atoms with E-state index in [1.54, 1.807) is 6.26 Å². The van der Waals surface area contributed by atoms with Gasteiger partial charge in [-0.05, 0) is 42.4 Å². The SMILES string of the molecule is CCC(NC1CCSc2ccccc21)c1ccco1. The van der Waals surface area contributed by atoms with Crippen LogP contribution in [0, 0.1) is 0 Å². The van der Waals surface area contributed by atoms with Crippen LogP contribution < -0.4 is 5.32 Å². The number of furan rings is 1. The van der Waals surface area contributed by atoms with Crippen molar-refractivity contribution in [1.82, 2.24) is 5.32 Å². The van der Waals surface area contributed by atoms with E-state index in [1.165, 1.54) is 22.6 Å². The maximum absolute atomic E-state index is 5.55. The van der Waals surface area contributed by atoms with Gasteiger partial charge in [-0.25, -0.2) is 0 Å². The van der Waals surface area contributed by atoms with Gasteiger partial charge in [0.25, 0.3) is 0 Å². The van der Waals surface area contributed by atoms with Crippen LogP contribution in [0.1, 0.15) is 43.2 Å². The molecule has 0 bridgehead atoms. The monoisotopic (exact) mass is 273 g/mol. The van der Waals surface area contributed by atoms with Crippen LogP contribution in [0.15, 0.2) is 52.0 Å². The molecule has 1 aromatic heterocycles. The van der Waals surface area contributed by atoms with E-state index in [4.69, 9.17) is 4.42 Å². The molecule has 1 aliphatic heterocycles. The summed E-state index contributed by atoms with van der Waals surface area (Å²) >= 11 is 1.96. The van der Waals surface area contributed by atoms with Crippen LogP contribution in [0.2, 0.25) is 0 Å². The van der Waals surface area contributed by atoms with Crippen molar-refractivity contribution in [3.63, 3.8) is 0 Å². The molecule has 2 nitrogen and oxygen atoms in total. The van der Waals surface area contributed by atoms with E-state index in [1.807, 2.05) is 17.8 Å². The number of rotatable bonds is 4. The molecule has 1 N–H and O–H groups in total. The van der Waals surface area contributed by atoms with Gasteiger partial charge >= 0.3 is 0 Å². The van der Waals surface area contributed by atoms with Gasteiger partial charge in [-0.1, -0.05) is 25.1 Å². The predicted octanol–water partition coefficient (Wildman–Crippen LogP) is 4.56. The first-order valence-electron chi connectivity index (χ1n) is 6.89. The molecule has 0 saturated carbocycles. The molecule has 0 saturated heterocycles. The molecule has 0 aliphatic carbocycles. The van der Waals surface area contributed by atoms with Gasteiger partial charge in [0.05, 0.1) is 12.3 Å². The lowest BCUT2D eigenvalue weighted by Crippen LogP contribution is -2.28. The molecule has 0 spiro atoms. The molecular weight excluding hydrogens is 254 g/mol. The van der Waals surface area contributed by atoms with Crippen LogP contribution in [0.25, 0.3) is 0 Å². The molecule has 0 radical (unpaired) electrons. The van der Waals surface area contributed by atoms with Crippen molar-refractivity contribution in [1.29, 1.82) is 0 Å². The zero-order valence-corrected chi connectivity index (χ0v) is 12.0. The summed E-state index contributed by atoms with van der Waals surface area (Å²) in [6.45, 7) is 2.20. The Hall–Kier alpha value is -1.19. The third-order valence-corrected chi connectivity index (χ3v) is 4.78. The summed E-state index contributed by atoms with van der Waals surface area (Å²) in [5, 5.41) is 3.76. The highest BCUT2D eigenvalue weighted by Gasteiger charge is 2.23. The zero-order valence-electron chi connectivity index (χ0n) is 11.1. The maximum atomic E-state index is 5.55. The highest BCUT2D eigenvalue weighted by molar-refractivity contribution is 7.99. The Morgan fingerprint density at radius 3 is 3.00 bits per heavy atom. The summed E-state index contributed by atoms with van der Waals surface area (Å²) in [4.78, 5) is 1.42. The van der Waals surface area contributed by atoms with Gasteiger partial charge in [0.15, 0.2) is 0 Å². The van der Waals surface area contributed by atoms with Crippen molar-refractivity contribution in [2.75, 3.05) is 5.75 Å². The first-order chi connectivity index (χ1) is 9.38. The predicted molar refractivity (Wildman–Crippen MR) is 79.4 cm³/mol. The normalized spacial score (nSPS) is 19.9. The van der Waals surface area contributed by atoms with Crippen molar-refractivity contribution in [2.24, 2.45) is 0 Å². The molecule has 2 unspecified atom stereocenters. The summed E-state index contributed by atoms with van der Waals surface area (Å²) in [5.74, 6) is 2.22. The fourth-order valence-corrected chi connectivity index (χ4v) is 3.77. The summed E-state index contributed by atoms with van der Waals surface area (Å²) in [6, 6.07) is 13.5. The number of benzene rings is 1. The van der Waals surface area contributed by atoms with Crippen LogP contribution in [0.3, 0.4) is 0 Å².